The molecule has 0 aliphatic heterocycles. The van der Waals surface area contributed by atoms with Gasteiger partial charge < -0.3 is 15.2 Å². The van der Waals surface area contributed by atoms with Crippen LogP contribution in [0.1, 0.15) is 31.3 Å². The van der Waals surface area contributed by atoms with Gasteiger partial charge in [-0.05, 0) is 25.5 Å². The number of carbonyl (C=O) groups excluding carboxylic acids is 1. The Kier molecular flexibility index (Phi) is 6.44. The third-order valence-electron chi connectivity index (χ3n) is 2.54. The molecule has 0 saturated carbocycles. The second-order valence-electron chi connectivity index (χ2n) is 3.94. The molecule has 2 N–H and O–H groups in total. The first-order chi connectivity index (χ1) is 9.62. The molecule has 1 aromatic rings. The van der Waals surface area contributed by atoms with Gasteiger partial charge in [-0.15, -0.1) is 0 Å². The Labute approximate surface area is 118 Å². The van der Waals surface area contributed by atoms with Gasteiger partial charge >= 0.3 is 0 Å². The number of amides is 1. The molecule has 1 amide bonds. The predicted octanol–water partition coefficient (Wildman–Crippen LogP) is 2.15. The summed E-state index contributed by atoms with van der Waals surface area (Å²) in [6, 6.07) is 8.98. The van der Waals surface area contributed by atoms with Crippen LogP contribution in [0.25, 0.3) is 6.08 Å². The summed E-state index contributed by atoms with van der Waals surface area (Å²) in [5.41, 5.74) is 6.60. The molecule has 0 spiro atoms. The van der Waals surface area contributed by atoms with Crippen LogP contribution in [0.3, 0.4) is 0 Å². The number of nitriles is 1. The van der Waals surface area contributed by atoms with E-state index in [1.165, 1.54) is 6.08 Å². The van der Waals surface area contributed by atoms with E-state index in [1.54, 1.807) is 18.2 Å². The molecule has 1 rings (SSSR count). The van der Waals surface area contributed by atoms with E-state index >= 15 is 0 Å². The van der Waals surface area contributed by atoms with Gasteiger partial charge in [-0.25, -0.2) is 0 Å². The maximum Gasteiger partial charge on any atom is 0.259 e. The zero-order chi connectivity index (χ0) is 15.0. The van der Waals surface area contributed by atoms with Crippen LogP contribution in [0.2, 0.25) is 0 Å². The first kappa shape index (κ1) is 15.9. The van der Waals surface area contributed by atoms with Crippen molar-refractivity contribution in [2.75, 3.05) is 13.2 Å². The van der Waals surface area contributed by atoms with Crippen LogP contribution >= 0.6 is 0 Å². The fraction of sp³-hybridized carbons (Fsp3) is 0.333. The normalized spacial score (nSPS) is 11.4. The number of nitrogens with zero attached hydrogens (tertiary/aromatic N) is 1. The van der Waals surface area contributed by atoms with Crippen LogP contribution in [-0.2, 0) is 14.3 Å². The van der Waals surface area contributed by atoms with Gasteiger partial charge in [0.1, 0.15) is 11.6 Å². The lowest BCUT2D eigenvalue weighted by Crippen LogP contribution is -2.12. The van der Waals surface area contributed by atoms with Gasteiger partial charge in [0.2, 0.25) is 0 Å². The van der Waals surface area contributed by atoms with Crippen LogP contribution < -0.4 is 5.73 Å². The van der Waals surface area contributed by atoms with E-state index in [-0.39, 0.29) is 5.57 Å². The molecule has 0 atom stereocenters. The summed E-state index contributed by atoms with van der Waals surface area (Å²) in [6.07, 6.45) is 1.04. The van der Waals surface area contributed by atoms with Crippen molar-refractivity contribution in [3.8, 4) is 6.07 Å². The largest absolute Gasteiger partial charge is 0.365 e. The van der Waals surface area contributed by atoms with Crippen molar-refractivity contribution in [2.24, 2.45) is 5.73 Å². The number of rotatable bonds is 7. The molecule has 5 nitrogen and oxygen atoms in total. The molecule has 0 fully saturated rings. The molecular formula is C15H18N2O3. The van der Waals surface area contributed by atoms with Crippen LogP contribution in [0, 0.1) is 11.3 Å². The fourth-order valence-electron chi connectivity index (χ4n) is 1.62. The minimum absolute atomic E-state index is 0.0797. The van der Waals surface area contributed by atoms with Crippen molar-refractivity contribution in [2.45, 2.75) is 20.1 Å². The van der Waals surface area contributed by atoms with Crippen molar-refractivity contribution in [3.05, 3.63) is 41.0 Å². The van der Waals surface area contributed by atoms with Crippen LogP contribution in [0.4, 0.5) is 0 Å². The number of ether oxygens (including phenoxy) is 2. The summed E-state index contributed by atoms with van der Waals surface area (Å²) < 4.78 is 11.0. The number of hydrogen-bond acceptors (Lipinski definition) is 4. The maximum atomic E-state index is 11.0. The molecule has 0 radical (unpaired) electrons. The summed E-state index contributed by atoms with van der Waals surface area (Å²) in [5, 5.41) is 8.78. The van der Waals surface area contributed by atoms with Crippen molar-refractivity contribution >= 4 is 12.0 Å². The van der Waals surface area contributed by atoms with Crippen LogP contribution in [0.15, 0.2) is 29.8 Å². The highest BCUT2D eigenvalue weighted by Crippen LogP contribution is 2.20. The van der Waals surface area contributed by atoms with E-state index in [9.17, 15) is 4.79 Å². The highest BCUT2D eigenvalue weighted by Gasteiger charge is 2.11. The summed E-state index contributed by atoms with van der Waals surface area (Å²) in [7, 11) is 0. The summed E-state index contributed by atoms with van der Waals surface area (Å²) in [4.78, 5) is 11.0. The smallest absolute Gasteiger partial charge is 0.259 e. The Morgan fingerprint density at radius 3 is 2.25 bits per heavy atom. The SMILES string of the molecule is CCOC(OCC)c1ccc(C=C(C#N)C(N)=O)cc1. The molecule has 0 aliphatic carbocycles. The maximum absolute atomic E-state index is 11.0. The van der Waals surface area contributed by atoms with E-state index in [4.69, 9.17) is 20.5 Å². The van der Waals surface area contributed by atoms with Crippen LogP contribution in [-0.4, -0.2) is 19.1 Å². The van der Waals surface area contributed by atoms with Crippen molar-refractivity contribution < 1.29 is 14.3 Å². The summed E-state index contributed by atoms with van der Waals surface area (Å²) in [5.74, 6) is -0.738. The van der Waals surface area contributed by atoms with E-state index in [2.05, 4.69) is 0 Å². The van der Waals surface area contributed by atoms with Crippen molar-refractivity contribution in [1.29, 1.82) is 5.26 Å². The fourth-order valence-corrected chi connectivity index (χ4v) is 1.62. The Morgan fingerprint density at radius 1 is 1.30 bits per heavy atom. The first-order valence-electron chi connectivity index (χ1n) is 6.37. The molecule has 0 unspecified atom stereocenters. The Bertz CT molecular complexity index is 509. The van der Waals surface area contributed by atoms with Crippen LogP contribution in [0.5, 0.6) is 0 Å². The van der Waals surface area contributed by atoms with E-state index in [0.29, 0.717) is 13.2 Å². The Morgan fingerprint density at radius 2 is 1.85 bits per heavy atom. The average Bonchev–Trinajstić information content (AvgIpc) is 2.45. The minimum Gasteiger partial charge on any atom is -0.365 e. The lowest BCUT2D eigenvalue weighted by atomic mass is 10.1. The summed E-state index contributed by atoms with van der Waals surface area (Å²) >= 11 is 0. The molecule has 0 aliphatic rings. The predicted molar refractivity (Wildman–Crippen MR) is 75.2 cm³/mol. The third-order valence-corrected chi connectivity index (χ3v) is 2.54. The van der Waals surface area contributed by atoms with E-state index < -0.39 is 12.2 Å². The third kappa shape index (κ3) is 4.50. The van der Waals surface area contributed by atoms with Gasteiger partial charge in [0.15, 0.2) is 6.29 Å². The first-order valence-corrected chi connectivity index (χ1v) is 6.37. The molecule has 20 heavy (non-hydrogen) atoms. The lowest BCUT2D eigenvalue weighted by Gasteiger charge is -2.17. The highest BCUT2D eigenvalue weighted by molar-refractivity contribution is 6.00. The monoisotopic (exact) mass is 274 g/mol. The van der Waals surface area contributed by atoms with Gasteiger partial charge in [0.05, 0.1) is 0 Å². The molecule has 0 bridgehead atoms. The van der Waals surface area contributed by atoms with Gasteiger partial charge in [-0.3, -0.25) is 4.79 Å². The lowest BCUT2D eigenvalue weighted by molar-refractivity contribution is -0.140. The van der Waals surface area contributed by atoms with E-state index in [1.807, 2.05) is 26.0 Å². The van der Waals surface area contributed by atoms with Crippen molar-refractivity contribution in [3.63, 3.8) is 0 Å². The number of primary amides is 1. The Balaban J connectivity index is 2.93. The Hall–Kier alpha value is -2.16. The number of benzene rings is 1. The van der Waals surface area contributed by atoms with E-state index in [0.717, 1.165) is 11.1 Å². The number of carbonyl (C=O) groups is 1. The second-order valence-corrected chi connectivity index (χ2v) is 3.94. The number of nitrogens with two attached hydrogens (primary N) is 1. The average molecular weight is 274 g/mol. The van der Waals surface area contributed by atoms with Gasteiger partial charge in [-0.1, -0.05) is 24.3 Å². The minimum atomic E-state index is -0.738. The second kappa shape index (κ2) is 8.10. The van der Waals surface area contributed by atoms with Crippen molar-refractivity contribution in [1.82, 2.24) is 0 Å². The molecule has 0 saturated heterocycles. The molecule has 0 aromatic heterocycles. The molecule has 106 valence electrons. The molecular weight excluding hydrogens is 256 g/mol. The highest BCUT2D eigenvalue weighted by atomic mass is 16.7. The standard InChI is InChI=1S/C15H18N2O3/c1-3-19-15(20-4-2)12-7-5-11(6-8-12)9-13(10-16)14(17)18/h5-9,15H,3-4H2,1-2H3,(H2,17,18). The molecule has 5 heteroatoms. The topological polar surface area (TPSA) is 85.3 Å². The molecule has 1 aromatic carbocycles. The van der Waals surface area contributed by atoms with Gasteiger partial charge in [0, 0.05) is 18.8 Å². The van der Waals surface area contributed by atoms with Gasteiger partial charge in [0.25, 0.3) is 5.91 Å². The number of hydrogen-bond donors (Lipinski definition) is 1. The summed E-state index contributed by atoms with van der Waals surface area (Å²) in [6.45, 7) is 4.89. The zero-order valence-electron chi connectivity index (χ0n) is 11.6. The molecule has 0 heterocycles. The van der Waals surface area contributed by atoms with Gasteiger partial charge in [-0.2, -0.15) is 5.26 Å². The quantitative estimate of drug-likeness (QED) is 0.469. The zero-order valence-corrected chi connectivity index (χ0v) is 11.6.